The van der Waals surface area contributed by atoms with Crippen LogP contribution >= 0.6 is 0 Å². The minimum Gasteiger partial charge on any atom is -0.493 e. The number of sulfonamides is 1. The van der Waals surface area contributed by atoms with Crippen LogP contribution in [0, 0.1) is 0 Å². The fourth-order valence-corrected chi connectivity index (χ4v) is 4.03. The average Bonchev–Trinajstić information content (AvgIpc) is 2.79. The first-order valence-electron chi connectivity index (χ1n) is 9.50. The van der Waals surface area contributed by atoms with Gasteiger partial charge in [-0.15, -0.1) is 0 Å². The Kier molecular flexibility index (Phi) is 5.74. The smallest absolute Gasteiger partial charge is 0.277 e. The molecule has 0 spiro atoms. The van der Waals surface area contributed by atoms with E-state index in [1.807, 2.05) is 6.92 Å². The van der Waals surface area contributed by atoms with Crippen LogP contribution in [0.5, 0.6) is 5.75 Å². The fraction of sp³-hybridized carbons (Fsp3) is 0.143. The van der Waals surface area contributed by atoms with E-state index >= 15 is 0 Å². The molecule has 0 aliphatic heterocycles. The van der Waals surface area contributed by atoms with E-state index in [1.165, 1.54) is 18.3 Å². The van der Waals surface area contributed by atoms with E-state index in [2.05, 4.69) is 24.7 Å². The van der Waals surface area contributed by atoms with Crippen LogP contribution in [0.3, 0.4) is 0 Å². The van der Waals surface area contributed by atoms with Gasteiger partial charge in [0, 0.05) is 12.4 Å². The second-order valence-electron chi connectivity index (χ2n) is 6.52. The van der Waals surface area contributed by atoms with Crippen LogP contribution in [-0.4, -0.2) is 35.0 Å². The molecule has 0 radical (unpaired) electrons. The summed E-state index contributed by atoms with van der Waals surface area (Å²) in [6.07, 6.45) is 3.10. The summed E-state index contributed by atoms with van der Waals surface area (Å²) in [5, 5.41) is 0. The first kappa shape index (κ1) is 20.6. The van der Waals surface area contributed by atoms with E-state index < -0.39 is 15.6 Å². The summed E-state index contributed by atoms with van der Waals surface area (Å²) in [5.41, 5.74) is 1.11. The zero-order valence-electron chi connectivity index (χ0n) is 16.6. The van der Waals surface area contributed by atoms with Crippen LogP contribution in [0.4, 0.5) is 0 Å². The number of rotatable bonds is 7. The lowest BCUT2D eigenvalue weighted by Crippen LogP contribution is -2.23. The molecule has 1 aromatic carbocycles. The topological polar surface area (TPSA) is 127 Å². The van der Waals surface area contributed by atoms with Crippen molar-refractivity contribution in [1.82, 2.24) is 24.7 Å². The molecular weight excluding hydrogens is 418 g/mol. The molecule has 2 N–H and O–H groups in total. The molecule has 0 fully saturated rings. The number of nitrogens with one attached hydrogen (secondary N) is 2. The third kappa shape index (κ3) is 4.44. The van der Waals surface area contributed by atoms with Crippen molar-refractivity contribution < 1.29 is 13.2 Å². The Labute approximate surface area is 178 Å². The number of H-pyrrole nitrogens is 1. The maximum Gasteiger partial charge on any atom is 0.277 e. The van der Waals surface area contributed by atoms with Crippen molar-refractivity contribution in [2.75, 3.05) is 6.61 Å². The number of ether oxygens (including phenoxy) is 1. The molecule has 0 aliphatic rings. The highest BCUT2D eigenvalue weighted by Gasteiger charge is 2.19. The number of benzene rings is 1. The van der Waals surface area contributed by atoms with Crippen molar-refractivity contribution >= 4 is 21.1 Å². The molecule has 3 aromatic heterocycles. The molecular formula is C21H19N5O4S. The highest BCUT2D eigenvalue weighted by atomic mass is 32.2. The third-order valence-corrected chi connectivity index (χ3v) is 5.85. The highest BCUT2D eigenvalue weighted by Crippen LogP contribution is 2.30. The lowest BCUT2D eigenvalue weighted by atomic mass is 10.2. The molecule has 31 heavy (non-hydrogen) atoms. The van der Waals surface area contributed by atoms with Gasteiger partial charge in [-0.25, -0.2) is 23.1 Å². The van der Waals surface area contributed by atoms with Gasteiger partial charge < -0.3 is 9.72 Å². The van der Waals surface area contributed by atoms with E-state index in [1.54, 1.807) is 42.6 Å². The van der Waals surface area contributed by atoms with Crippen LogP contribution in [0.25, 0.3) is 22.4 Å². The van der Waals surface area contributed by atoms with E-state index in [0.29, 0.717) is 29.1 Å². The Bertz CT molecular complexity index is 1390. The highest BCUT2D eigenvalue weighted by molar-refractivity contribution is 7.89. The largest absolute Gasteiger partial charge is 0.493 e. The van der Waals surface area contributed by atoms with Crippen LogP contribution in [0.2, 0.25) is 0 Å². The Morgan fingerprint density at radius 1 is 1.06 bits per heavy atom. The Morgan fingerprint density at radius 2 is 1.90 bits per heavy atom. The number of aromatic amines is 1. The van der Waals surface area contributed by atoms with Crippen molar-refractivity contribution in [1.29, 1.82) is 0 Å². The minimum absolute atomic E-state index is 0.0100. The third-order valence-electron chi connectivity index (χ3n) is 4.45. The monoisotopic (exact) mass is 437 g/mol. The Morgan fingerprint density at radius 3 is 2.68 bits per heavy atom. The SMILES string of the molecule is CCOc1ccc(S(=O)(=O)NCc2ccccn2)cc1-c1nc2cccnc2c(=O)[nH]1. The molecule has 4 rings (SSSR count). The molecule has 0 unspecified atom stereocenters. The van der Waals surface area contributed by atoms with Gasteiger partial charge in [0.15, 0.2) is 5.52 Å². The Hall–Kier alpha value is -3.63. The minimum atomic E-state index is -3.85. The predicted octanol–water partition coefficient (Wildman–Crippen LogP) is 2.26. The van der Waals surface area contributed by atoms with Crippen LogP contribution in [0.1, 0.15) is 12.6 Å². The maximum absolute atomic E-state index is 12.9. The molecule has 0 bridgehead atoms. The molecule has 0 amide bonds. The average molecular weight is 437 g/mol. The van der Waals surface area contributed by atoms with Gasteiger partial charge in [-0.1, -0.05) is 6.07 Å². The molecule has 0 saturated heterocycles. The quantitative estimate of drug-likeness (QED) is 0.454. The van der Waals surface area contributed by atoms with E-state index in [9.17, 15) is 13.2 Å². The number of aromatic nitrogens is 4. The van der Waals surface area contributed by atoms with Crippen LogP contribution in [0.15, 0.2) is 70.6 Å². The van der Waals surface area contributed by atoms with E-state index in [-0.39, 0.29) is 22.8 Å². The Balaban J connectivity index is 1.76. The van der Waals surface area contributed by atoms with Gasteiger partial charge in [0.1, 0.15) is 11.6 Å². The summed E-state index contributed by atoms with van der Waals surface area (Å²) in [6.45, 7) is 2.21. The number of hydrogen-bond donors (Lipinski definition) is 2. The lowest BCUT2D eigenvalue weighted by molar-refractivity contribution is 0.341. The zero-order valence-corrected chi connectivity index (χ0v) is 17.4. The molecule has 3 heterocycles. The summed E-state index contributed by atoms with van der Waals surface area (Å²) in [5.74, 6) is 0.591. The van der Waals surface area contributed by atoms with Crippen molar-refractivity contribution in [3.05, 3.63) is 77.0 Å². The van der Waals surface area contributed by atoms with Gasteiger partial charge in [0.05, 0.1) is 34.8 Å². The second kappa shape index (κ2) is 8.62. The second-order valence-corrected chi connectivity index (χ2v) is 8.29. The molecule has 158 valence electrons. The molecule has 0 aliphatic carbocycles. The predicted molar refractivity (Wildman–Crippen MR) is 115 cm³/mol. The first-order chi connectivity index (χ1) is 15.0. The summed E-state index contributed by atoms with van der Waals surface area (Å²) in [4.78, 5) is 27.7. The van der Waals surface area contributed by atoms with Gasteiger partial charge in [-0.3, -0.25) is 9.78 Å². The van der Waals surface area contributed by atoms with Crippen LogP contribution < -0.4 is 15.0 Å². The number of nitrogens with zero attached hydrogens (tertiary/aromatic N) is 3. The molecule has 10 heteroatoms. The maximum atomic E-state index is 12.9. The number of pyridine rings is 2. The summed E-state index contributed by atoms with van der Waals surface area (Å²) >= 11 is 0. The number of hydrogen-bond acceptors (Lipinski definition) is 7. The van der Waals surface area contributed by atoms with E-state index in [0.717, 1.165) is 0 Å². The normalized spacial score (nSPS) is 11.5. The van der Waals surface area contributed by atoms with Crippen LogP contribution in [-0.2, 0) is 16.6 Å². The van der Waals surface area contributed by atoms with Gasteiger partial charge in [-0.05, 0) is 49.4 Å². The molecule has 0 saturated carbocycles. The zero-order chi connectivity index (χ0) is 21.8. The fourth-order valence-electron chi connectivity index (χ4n) is 3.00. The van der Waals surface area contributed by atoms with Crippen molar-refractivity contribution in [2.45, 2.75) is 18.4 Å². The van der Waals surface area contributed by atoms with E-state index in [4.69, 9.17) is 4.74 Å². The summed E-state index contributed by atoms with van der Waals surface area (Å²) in [7, 11) is -3.85. The molecule has 0 atom stereocenters. The van der Waals surface area contributed by atoms with Gasteiger partial charge in [-0.2, -0.15) is 0 Å². The van der Waals surface area contributed by atoms with Gasteiger partial charge >= 0.3 is 0 Å². The van der Waals surface area contributed by atoms with Crippen molar-refractivity contribution in [3.63, 3.8) is 0 Å². The van der Waals surface area contributed by atoms with Gasteiger partial charge in [0.25, 0.3) is 5.56 Å². The lowest BCUT2D eigenvalue weighted by Gasteiger charge is -2.13. The summed E-state index contributed by atoms with van der Waals surface area (Å²) < 4.78 is 33.9. The molecule has 4 aromatic rings. The van der Waals surface area contributed by atoms with Crippen molar-refractivity contribution in [3.8, 4) is 17.1 Å². The summed E-state index contributed by atoms with van der Waals surface area (Å²) in [6, 6.07) is 13.0. The van der Waals surface area contributed by atoms with Crippen molar-refractivity contribution in [2.24, 2.45) is 0 Å². The standard InChI is InChI=1S/C21H19N5O4S/c1-2-30-18-9-8-15(31(28,29)24-13-14-6-3-4-10-22-14)12-16(18)20-25-17-7-5-11-23-19(17)21(27)26-20/h3-12,24H,2,13H2,1H3,(H,25,26,27). The molecule has 9 nitrogen and oxygen atoms in total. The number of fused-ring (bicyclic) bond motifs is 1. The van der Waals surface area contributed by atoms with Gasteiger partial charge in [0.2, 0.25) is 10.0 Å². The first-order valence-corrected chi connectivity index (χ1v) is 11.0.